The number of ether oxygens (including phenoxy) is 1. The number of benzene rings is 3. The number of nitrogens with one attached hydrogen (secondary N) is 2. The van der Waals surface area contributed by atoms with Gasteiger partial charge in [-0.25, -0.2) is 10.2 Å². The van der Waals surface area contributed by atoms with E-state index in [1.807, 2.05) is 0 Å². The van der Waals surface area contributed by atoms with Gasteiger partial charge in [-0.1, -0.05) is 40.2 Å². The van der Waals surface area contributed by atoms with Crippen molar-refractivity contribution in [1.29, 1.82) is 0 Å². The van der Waals surface area contributed by atoms with Crippen molar-refractivity contribution in [2.24, 2.45) is 5.10 Å². The van der Waals surface area contributed by atoms with Gasteiger partial charge >= 0.3 is 5.97 Å². The third kappa shape index (κ3) is 6.10. The number of carbonyl (C=O) groups excluding carboxylic acids is 3. The highest BCUT2D eigenvalue weighted by molar-refractivity contribution is 9.10. The van der Waals surface area contributed by atoms with Crippen LogP contribution in [-0.2, 0) is 0 Å². The summed E-state index contributed by atoms with van der Waals surface area (Å²) in [7, 11) is 0. The number of rotatable bonds is 7. The van der Waals surface area contributed by atoms with Gasteiger partial charge in [0.25, 0.3) is 11.8 Å². The summed E-state index contributed by atoms with van der Waals surface area (Å²) in [5.41, 5.74) is 3.90. The highest BCUT2D eigenvalue weighted by atomic mass is 79.9. The van der Waals surface area contributed by atoms with E-state index in [1.54, 1.807) is 78.9 Å². The van der Waals surface area contributed by atoms with Gasteiger partial charge in [0, 0.05) is 15.6 Å². The average Bonchev–Trinajstić information content (AvgIpc) is 3.41. The Hall–Kier alpha value is -4.50. The van der Waals surface area contributed by atoms with E-state index in [4.69, 9.17) is 9.15 Å². The van der Waals surface area contributed by atoms with Crippen LogP contribution in [0.1, 0.15) is 36.8 Å². The molecule has 174 valence electrons. The van der Waals surface area contributed by atoms with Crippen molar-refractivity contribution in [3.8, 4) is 5.75 Å². The minimum atomic E-state index is -0.657. The third-order valence-corrected chi connectivity index (χ3v) is 5.27. The van der Waals surface area contributed by atoms with E-state index in [2.05, 4.69) is 31.8 Å². The highest BCUT2D eigenvalue weighted by Crippen LogP contribution is 2.19. The summed E-state index contributed by atoms with van der Waals surface area (Å²) in [4.78, 5) is 37.5. The molecule has 0 saturated heterocycles. The molecule has 0 bridgehead atoms. The van der Waals surface area contributed by atoms with Crippen molar-refractivity contribution in [3.63, 3.8) is 0 Å². The summed E-state index contributed by atoms with van der Waals surface area (Å²) in [6.45, 7) is 0. The summed E-state index contributed by atoms with van der Waals surface area (Å²) in [6.07, 6.45) is 2.73. The third-order valence-electron chi connectivity index (χ3n) is 4.74. The van der Waals surface area contributed by atoms with Gasteiger partial charge in [-0.3, -0.25) is 9.59 Å². The van der Waals surface area contributed by atoms with Crippen LogP contribution in [0, 0.1) is 0 Å². The van der Waals surface area contributed by atoms with Crippen molar-refractivity contribution in [3.05, 3.63) is 118 Å². The van der Waals surface area contributed by atoms with Gasteiger partial charge in [0.1, 0.15) is 5.75 Å². The van der Waals surface area contributed by atoms with Crippen molar-refractivity contribution in [1.82, 2.24) is 5.43 Å². The zero-order valence-corrected chi connectivity index (χ0v) is 19.7. The van der Waals surface area contributed by atoms with Crippen molar-refractivity contribution >= 4 is 45.6 Å². The molecule has 2 amide bonds. The molecule has 35 heavy (non-hydrogen) atoms. The second kappa shape index (κ2) is 11.1. The maximum atomic E-state index is 12.8. The van der Waals surface area contributed by atoms with E-state index >= 15 is 0 Å². The Morgan fingerprint density at radius 2 is 1.60 bits per heavy atom. The molecule has 2 N–H and O–H groups in total. The van der Waals surface area contributed by atoms with Gasteiger partial charge in [0.2, 0.25) is 5.76 Å². The predicted molar refractivity (Wildman–Crippen MR) is 134 cm³/mol. The zero-order chi connectivity index (χ0) is 24.6. The molecule has 3 aromatic carbocycles. The maximum absolute atomic E-state index is 12.8. The highest BCUT2D eigenvalue weighted by Gasteiger charge is 2.15. The van der Waals surface area contributed by atoms with Crippen molar-refractivity contribution in [2.75, 3.05) is 5.32 Å². The quantitative estimate of drug-likeness (QED) is 0.146. The maximum Gasteiger partial charge on any atom is 0.379 e. The zero-order valence-electron chi connectivity index (χ0n) is 18.1. The molecule has 0 unspecified atom stereocenters. The fourth-order valence-electron chi connectivity index (χ4n) is 3.03. The van der Waals surface area contributed by atoms with E-state index in [0.717, 1.165) is 4.47 Å². The number of carbonyl (C=O) groups is 3. The molecule has 1 aromatic heterocycles. The molecule has 0 aliphatic heterocycles. The number of hydrogen-bond acceptors (Lipinski definition) is 6. The van der Waals surface area contributed by atoms with Crippen LogP contribution in [0.3, 0.4) is 0 Å². The van der Waals surface area contributed by atoms with Crippen LogP contribution in [0.5, 0.6) is 5.75 Å². The number of furan rings is 1. The largest absolute Gasteiger partial charge is 0.457 e. The van der Waals surface area contributed by atoms with Crippen LogP contribution in [-0.4, -0.2) is 24.0 Å². The molecule has 1 heterocycles. The molecule has 0 radical (unpaired) electrons. The van der Waals surface area contributed by atoms with E-state index in [9.17, 15) is 14.4 Å². The molecule has 4 rings (SSSR count). The van der Waals surface area contributed by atoms with Crippen LogP contribution in [0.2, 0.25) is 0 Å². The molecule has 0 spiro atoms. The number of halogens is 1. The molecule has 9 heteroatoms. The second-order valence-corrected chi connectivity index (χ2v) is 8.03. The minimum Gasteiger partial charge on any atom is -0.457 e. The lowest BCUT2D eigenvalue weighted by molar-refractivity contribution is 0.0700. The molecule has 0 fully saturated rings. The van der Waals surface area contributed by atoms with Gasteiger partial charge in [0.05, 0.1) is 23.7 Å². The summed E-state index contributed by atoms with van der Waals surface area (Å²) < 4.78 is 11.3. The molecule has 0 atom stereocenters. The van der Waals surface area contributed by atoms with E-state index < -0.39 is 11.9 Å². The van der Waals surface area contributed by atoms with Crippen molar-refractivity contribution in [2.45, 2.75) is 0 Å². The molecule has 4 aromatic rings. The number of nitrogens with zero attached hydrogens (tertiary/aromatic N) is 1. The number of esters is 1. The Kier molecular flexibility index (Phi) is 7.49. The van der Waals surface area contributed by atoms with Crippen LogP contribution in [0.4, 0.5) is 5.69 Å². The first kappa shape index (κ1) is 23.7. The van der Waals surface area contributed by atoms with E-state index in [0.29, 0.717) is 16.8 Å². The monoisotopic (exact) mass is 531 g/mol. The summed E-state index contributed by atoms with van der Waals surface area (Å²) >= 11 is 3.33. The lowest BCUT2D eigenvalue weighted by Crippen LogP contribution is -2.21. The fraction of sp³-hybridized carbons (Fsp3) is 0. The molecule has 0 aliphatic carbocycles. The standard InChI is InChI=1S/C26H18BrN3O5/c27-19-13-11-17(12-14-19)24(31)29-21-8-3-2-7-20(21)25(32)30-28-16-18-6-1-4-9-22(18)35-26(33)23-10-5-15-34-23/h1-16H,(H,29,31)(H,30,32)/b28-16-. The van der Waals surface area contributed by atoms with Crippen molar-refractivity contribution < 1.29 is 23.5 Å². The second-order valence-electron chi connectivity index (χ2n) is 7.11. The summed E-state index contributed by atoms with van der Waals surface area (Å²) in [5, 5.41) is 6.73. The number of amides is 2. The lowest BCUT2D eigenvalue weighted by atomic mass is 10.1. The van der Waals surface area contributed by atoms with E-state index in [-0.39, 0.29) is 23.0 Å². The van der Waals surface area contributed by atoms with Gasteiger partial charge < -0.3 is 14.5 Å². The fourth-order valence-corrected chi connectivity index (χ4v) is 3.30. The molecular weight excluding hydrogens is 514 g/mol. The Morgan fingerprint density at radius 3 is 2.37 bits per heavy atom. The van der Waals surface area contributed by atoms with Crippen LogP contribution in [0.15, 0.2) is 105 Å². The first-order chi connectivity index (χ1) is 17.0. The minimum absolute atomic E-state index is 0.0619. The number of hydrazone groups is 1. The molecular formula is C26H18BrN3O5. The number of hydrogen-bond donors (Lipinski definition) is 2. The number of para-hydroxylation sites is 2. The Labute approximate surface area is 208 Å². The van der Waals surface area contributed by atoms with E-state index in [1.165, 1.54) is 18.5 Å². The predicted octanol–water partition coefficient (Wildman–Crippen LogP) is 5.28. The van der Waals surface area contributed by atoms with Gasteiger partial charge in [0.15, 0.2) is 0 Å². The van der Waals surface area contributed by atoms with Gasteiger partial charge in [-0.2, -0.15) is 5.10 Å². The topological polar surface area (TPSA) is 110 Å². The normalized spacial score (nSPS) is 10.7. The van der Waals surface area contributed by atoms with Gasteiger partial charge in [-0.15, -0.1) is 0 Å². The number of anilines is 1. The molecule has 0 aliphatic rings. The molecule has 8 nitrogen and oxygen atoms in total. The van der Waals surface area contributed by atoms with Crippen LogP contribution < -0.4 is 15.5 Å². The smallest absolute Gasteiger partial charge is 0.379 e. The SMILES string of the molecule is O=C(Nc1ccccc1C(=O)N/N=C\c1ccccc1OC(=O)c1ccco1)c1ccc(Br)cc1. The van der Waals surface area contributed by atoms with Crippen LogP contribution >= 0.6 is 15.9 Å². The Morgan fingerprint density at radius 1 is 0.857 bits per heavy atom. The Balaban J connectivity index is 1.44. The Bertz CT molecular complexity index is 1380. The average molecular weight is 532 g/mol. The van der Waals surface area contributed by atoms with Gasteiger partial charge in [-0.05, 0) is 60.7 Å². The summed E-state index contributed by atoms with van der Waals surface area (Å²) in [6, 6.07) is 23.2. The van der Waals surface area contributed by atoms with Crippen LogP contribution in [0.25, 0.3) is 0 Å². The first-order valence-corrected chi connectivity index (χ1v) is 11.1. The summed E-state index contributed by atoms with van der Waals surface area (Å²) in [5.74, 6) is -1.23. The molecule has 0 saturated carbocycles. The lowest BCUT2D eigenvalue weighted by Gasteiger charge is -2.10. The first-order valence-electron chi connectivity index (χ1n) is 10.4.